The number of hydrogen-bond acceptors (Lipinski definition) is 4. The molecule has 12 rings (SSSR count). The van der Waals surface area contributed by atoms with Crippen LogP contribution in [0.2, 0.25) is 0 Å². The molecule has 0 saturated carbocycles. The number of para-hydroxylation sites is 3. The van der Waals surface area contributed by atoms with Crippen LogP contribution in [0.5, 0.6) is 0 Å². The highest BCUT2D eigenvalue weighted by atomic mass is 16.3. The Balaban J connectivity index is 1.10. The van der Waals surface area contributed by atoms with Gasteiger partial charge in [-0.2, -0.15) is 9.97 Å². The molecule has 6 nitrogen and oxygen atoms in total. The van der Waals surface area contributed by atoms with Crippen molar-refractivity contribution in [3.8, 4) is 45.5 Å². The van der Waals surface area contributed by atoms with Gasteiger partial charge in [0.15, 0.2) is 11.6 Å². The molecule has 0 N–H and O–H groups in total. The molecule has 8 aromatic carbocycles. The summed E-state index contributed by atoms with van der Waals surface area (Å²) in [6.07, 6.45) is 0. The summed E-state index contributed by atoms with van der Waals surface area (Å²) in [5.41, 5.74) is 11.3. The Bertz CT molecular complexity index is 3510. The lowest BCUT2D eigenvalue weighted by atomic mass is 10.1. The standard InChI is InChI=1S/C51H31N5O/c1-3-13-32(14-4-1)33-23-26-36(27-24-33)55-43-20-10-7-17-37(43)41-31-46-42(30-45(41)55)38-18-8-11-21-44(38)56(46)51-53-49(34-15-5-2-6-16-34)52-50(54-51)35-25-28-40-39-19-9-12-22-47(39)57-48(40)29-35/h1-31H. The molecule has 57 heavy (non-hydrogen) atoms. The second-order valence-electron chi connectivity index (χ2n) is 14.5. The van der Waals surface area contributed by atoms with E-state index in [9.17, 15) is 0 Å². The van der Waals surface area contributed by atoms with Gasteiger partial charge in [0.05, 0.1) is 22.1 Å². The van der Waals surface area contributed by atoms with Crippen molar-refractivity contribution in [1.82, 2.24) is 24.1 Å². The minimum atomic E-state index is 0.550. The van der Waals surface area contributed by atoms with Crippen LogP contribution in [-0.2, 0) is 0 Å². The van der Waals surface area contributed by atoms with Gasteiger partial charge >= 0.3 is 0 Å². The maximum absolute atomic E-state index is 6.30. The van der Waals surface area contributed by atoms with Gasteiger partial charge in [-0.05, 0) is 65.7 Å². The third kappa shape index (κ3) is 4.94. The topological polar surface area (TPSA) is 61.7 Å². The monoisotopic (exact) mass is 729 g/mol. The van der Waals surface area contributed by atoms with Crippen molar-refractivity contribution in [1.29, 1.82) is 0 Å². The summed E-state index contributed by atoms with van der Waals surface area (Å²) in [6.45, 7) is 0. The molecule has 4 aromatic heterocycles. The first-order valence-electron chi connectivity index (χ1n) is 19.1. The fourth-order valence-electron chi connectivity index (χ4n) is 8.53. The van der Waals surface area contributed by atoms with E-state index in [0.29, 0.717) is 17.6 Å². The lowest BCUT2D eigenvalue weighted by Gasteiger charge is -2.11. The number of rotatable bonds is 5. The average Bonchev–Trinajstić information content (AvgIpc) is 3.93. The molecule has 0 amide bonds. The number of furan rings is 1. The summed E-state index contributed by atoms with van der Waals surface area (Å²) < 4.78 is 10.9. The van der Waals surface area contributed by atoms with Crippen molar-refractivity contribution in [2.24, 2.45) is 0 Å². The van der Waals surface area contributed by atoms with Crippen LogP contribution in [0.1, 0.15) is 0 Å². The SMILES string of the molecule is c1ccc(-c2ccc(-n3c4ccccc4c4cc5c(cc43)c3ccccc3n5-c3nc(-c4ccccc4)nc(-c4ccc5c(c4)oc4ccccc45)n3)cc2)cc1. The summed E-state index contributed by atoms with van der Waals surface area (Å²) in [6, 6.07) is 65.7. The Morgan fingerprint density at radius 1 is 0.316 bits per heavy atom. The Kier molecular flexibility index (Phi) is 6.83. The zero-order valence-electron chi connectivity index (χ0n) is 30.5. The fourth-order valence-corrected chi connectivity index (χ4v) is 8.53. The van der Waals surface area contributed by atoms with Crippen molar-refractivity contribution in [2.45, 2.75) is 0 Å². The molecule has 0 unspecified atom stereocenters. The molecule has 0 aliphatic heterocycles. The van der Waals surface area contributed by atoms with Gasteiger partial charge in [0.25, 0.3) is 0 Å². The zero-order valence-corrected chi connectivity index (χ0v) is 30.5. The summed E-state index contributed by atoms with van der Waals surface area (Å²) in [5.74, 6) is 1.72. The van der Waals surface area contributed by atoms with E-state index >= 15 is 0 Å². The minimum absolute atomic E-state index is 0.550. The lowest BCUT2D eigenvalue weighted by molar-refractivity contribution is 0.669. The molecule has 0 radical (unpaired) electrons. The third-order valence-corrected chi connectivity index (χ3v) is 11.2. The first-order valence-corrected chi connectivity index (χ1v) is 19.1. The van der Waals surface area contributed by atoms with Gasteiger partial charge in [-0.25, -0.2) is 4.98 Å². The molecule has 0 spiro atoms. The van der Waals surface area contributed by atoms with Crippen molar-refractivity contribution in [3.63, 3.8) is 0 Å². The van der Waals surface area contributed by atoms with Crippen LogP contribution in [-0.4, -0.2) is 24.1 Å². The second-order valence-corrected chi connectivity index (χ2v) is 14.5. The molecule has 0 aliphatic carbocycles. The Hall–Kier alpha value is -7.83. The van der Waals surface area contributed by atoms with Gasteiger partial charge in [0.2, 0.25) is 5.95 Å². The van der Waals surface area contributed by atoms with Gasteiger partial charge in [-0.15, -0.1) is 0 Å². The summed E-state index contributed by atoms with van der Waals surface area (Å²) in [4.78, 5) is 15.5. The van der Waals surface area contributed by atoms with Crippen molar-refractivity contribution in [3.05, 3.63) is 188 Å². The molecule has 0 atom stereocenters. The third-order valence-electron chi connectivity index (χ3n) is 11.2. The van der Waals surface area contributed by atoms with Crippen LogP contribution >= 0.6 is 0 Å². The maximum Gasteiger partial charge on any atom is 0.238 e. The normalized spacial score (nSPS) is 11.9. The number of hydrogen-bond donors (Lipinski definition) is 0. The van der Waals surface area contributed by atoms with Crippen LogP contribution in [0.25, 0.3) is 111 Å². The summed E-state index contributed by atoms with van der Waals surface area (Å²) in [5, 5.41) is 6.72. The van der Waals surface area contributed by atoms with Crippen LogP contribution in [0, 0.1) is 0 Å². The molecule has 0 fully saturated rings. The van der Waals surface area contributed by atoms with Crippen molar-refractivity contribution < 1.29 is 4.42 Å². The summed E-state index contributed by atoms with van der Waals surface area (Å²) >= 11 is 0. The predicted octanol–water partition coefficient (Wildman–Crippen LogP) is 13.0. The average molecular weight is 730 g/mol. The highest BCUT2D eigenvalue weighted by Crippen LogP contribution is 2.40. The van der Waals surface area contributed by atoms with Crippen LogP contribution in [0.3, 0.4) is 0 Å². The first kappa shape index (κ1) is 31.5. The number of nitrogens with zero attached hydrogens (tertiary/aromatic N) is 5. The van der Waals surface area contributed by atoms with Gasteiger partial charge in [0, 0.05) is 49.1 Å². The Morgan fingerprint density at radius 3 is 1.53 bits per heavy atom. The van der Waals surface area contributed by atoms with E-state index in [0.717, 1.165) is 77.0 Å². The highest BCUT2D eigenvalue weighted by Gasteiger charge is 2.21. The van der Waals surface area contributed by atoms with Crippen LogP contribution < -0.4 is 0 Å². The molecular formula is C51H31N5O. The molecule has 0 bridgehead atoms. The Morgan fingerprint density at radius 2 is 0.825 bits per heavy atom. The van der Waals surface area contributed by atoms with Crippen LogP contribution in [0.15, 0.2) is 192 Å². The maximum atomic E-state index is 6.30. The molecule has 6 heteroatoms. The van der Waals surface area contributed by atoms with Gasteiger partial charge in [-0.3, -0.25) is 4.57 Å². The van der Waals surface area contributed by atoms with E-state index in [1.54, 1.807) is 0 Å². The summed E-state index contributed by atoms with van der Waals surface area (Å²) in [7, 11) is 0. The van der Waals surface area contributed by atoms with E-state index in [2.05, 4.69) is 143 Å². The van der Waals surface area contributed by atoms with E-state index in [1.165, 1.54) is 16.5 Å². The lowest BCUT2D eigenvalue weighted by Crippen LogP contribution is -2.06. The van der Waals surface area contributed by atoms with Crippen molar-refractivity contribution >= 4 is 65.6 Å². The van der Waals surface area contributed by atoms with E-state index in [1.807, 2.05) is 54.6 Å². The quantitative estimate of drug-likeness (QED) is 0.177. The fraction of sp³-hybridized carbons (Fsp3) is 0. The largest absolute Gasteiger partial charge is 0.456 e. The van der Waals surface area contributed by atoms with E-state index in [4.69, 9.17) is 19.4 Å². The number of benzene rings is 8. The first-order chi connectivity index (χ1) is 28.2. The zero-order chi connectivity index (χ0) is 37.5. The predicted molar refractivity (Wildman–Crippen MR) is 232 cm³/mol. The minimum Gasteiger partial charge on any atom is -0.456 e. The molecule has 266 valence electrons. The van der Waals surface area contributed by atoms with E-state index < -0.39 is 0 Å². The van der Waals surface area contributed by atoms with Gasteiger partial charge in [-0.1, -0.05) is 133 Å². The van der Waals surface area contributed by atoms with Crippen LogP contribution in [0.4, 0.5) is 0 Å². The number of fused-ring (bicyclic) bond motifs is 9. The molecule has 4 heterocycles. The molecule has 0 aliphatic rings. The molecular weight excluding hydrogens is 699 g/mol. The van der Waals surface area contributed by atoms with E-state index in [-0.39, 0.29) is 0 Å². The number of aromatic nitrogens is 5. The molecule has 12 aromatic rings. The highest BCUT2D eigenvalue weighted by molar-refractivity contribution is 6.19. The van der Waals surface area contributed by atoms with Gasteiger partial charge < -0.3 is 8.98 Å². The smallest absolute Gasteiger partial charge is 0.238 e. The molecule has 0 saturated heterocycles. The van der Waals surface area contributed by atoms with Gasteiger partial charge in [0.1, 0.15) is 11.2 Å². The Labute approximate surface area is 326 Å². The van der Waals surface area contributed by atoms with Crippen molar-refractivity contribution in [2.75, 3.05) is 0 Å². The second kappa shape index (κ2) is 12.3.